The summed E-state index contributed by atoms with van der Waals surface area (Å²) in [6.45, 7) is 1.27. The Bertz CT molecular complexity index is 156. The van der Waals surface area contributed by atoms with Crippen LogP contribution in [0.2, 0.25) is 0 Å². The molecule has 13 heavy (non-hydrogen) atoms. The first-order chi connectivity index (χ1) is 6.29. The highest BCUT2D eigenvalue weighted by Crippen LogP contribution is 2.13. The summed E-state index contributed by atoms with van der Waals surface area (Å²) in [5.74, 6) is 0. The summed E-state index contributed by atoms with van der Waals surface area (Å²) in [6.07, 6.45) is 2.99. The van der Waals surface area contributed by atoms with Gasteiger partial charge in [0.25, 0.3) is 0 Å². The van der Waals surface area contributed by atoms with Crippen LogP contribution >= 0.6 is 11.6 Å². The average molecular weight is 209 g/mol. The molecule has 1 aliphatic rings. The summed E-state index contributed by atoms with van der Waals surface area (Å²) in [4.78, 5) is 10.2. The van der Waals surface area contributed by atoms with Crippen molar-refractivity contribution in [1.29, 1.82) is 0 Å². The van der Waals surface area contributed by atoms with Crippen LogP contribution in [0, 0.1) is 0 Å². The van der Waals surface area contributed by atoms with Crippen molar-refractivity contribution in [2.45, 2.75) is 25.6 Å². The largest absolute Gasteiger partial charge is 0.451 e. The van der Waals surface area contributed by atoms with Crippen LogP contribution < -0.4 is 0 Å². The number of hydrogen-bond acceptors (Lipinski definition) is 4. The Labute approximate surface area is 82.1 Å². The predicted molar refractivity (Wildman–Crippen MR) is 46.7 cm³/mol. The zero-order chi connectivity index (χ0) is 9.52. The number of carbonyl (C=O) groups excluding carboxylic acids is 1. The molecule has 0 aromatic rings. The van der Waals surface area contributed by atoms with E-state index in [1.54, 1.807) is 0 Å². The van der Waals surface area contributed by atoms with Crippen LogP contribution in [0.5, 0.6) is 0 Å². The molecular formula is C8H13ClO4. The summed E-state index contributed by atoms with van der Waals surface area (Å²) in [5.41, 5.74) is -0.798. The molecular weight excluding hydrogens is 196 g/mol. The zero-order valence-electron chi connectivity index (χ0n) is 7.33. The maximum absolute atomic E-state index is 10.2. The first-order valence-electron chi connectivity index (χ1n) is 4.34. The summed E-state index contributed by atoms with van der Waals surface area (Å²) < 4.78 is 15.0. The van der Waals surface area contributed by atoms with Gasteiger partial charge in [-0.2, -0.15) is 0 Å². The van der Waals surface area contributed by atoms with Crippen LogP contribution in [0.3, 0.4) is 0 Å². The Morgan fingerprint density at radius 3 is 2.92 bits per heavy atom. The number of rotatable bonds is 4. The van der Waals surface area contributed by atoms with Crippen LogP contribution in [0.15, 0.2) is 0 Å². The van der Waals surface area contributed by atoms with Gasteiger partial charge >= 0.3 is 5.43 Å². The van der Waals surface area contributed by atoms with Crippen molar-refractivity contribution >= 4 is 17.0 Å². The number of ether oxygens (including phenoxy) is 3. The van der Waals surface area contributed by atoms with E-state index in [0.717, 1.165) is 25.9 Å². The summed E-state index contributed by atoms with van der Waals surface area (Å²) in [6, 6.07) is 0. The van der Waals surface area contributed by atoms with Crippen LogP contribution in [-0.2, 0) is 14.2 Å². The molecule has 0 N–H and O–H groups in total. The van der Waals surface area contributed by atoms with Gasteiger partial charge in [-0.05, 0) is 19.3 Å². The third-order valence-corrected chi connectivity index (χ3v) is 1.85. The normalized spacial score (nSPS) is 22.7. The third kappa shape index (κ3) is 5.08. The van der Waals surface area contributed by atoms with Gasteiger partial charge in [-0.3, -0.25) is 0 Å². The molecule has 1 atom stereocenters. The molecule has 0 aromatic carbocycles. The van der Waals surface area contributed by atoms with Crippen molar-refractivity contribution < 1.29 is 19.0 Å². The number of hydrogen-bond donors (Lipinski definition) is 0. The number of halogens is 1. The fraction of sp³-hybridized carbons (Fsp3) is 0.875. The predicted octanol–water partition coefficient (Wildman–Crippen LogP) is 1.91. The SMILES string of the molecule is O=C(Cl)OCCOC1CCCCO1. The second kappa shape index (κ2) is 6.18. The van der Waals surface area contributed by atoms with E-state index < -0.39 is 5.43 Å². The van der Waals surface area contributed by atoms with E-state index in [0.29, 0.717) is 6.61 Å². The second-order valence-electron chi connectivity index (χ2n) is 2.75. The van der Waals surface area contributed by atoms with E-state index >= 15 is 0 Å². The minimum absolute atomic E-state index is 0.136. The van der Waals surface area contributed by atoms with Gasteiger partial charge in [0.15, 0.2) is 6.29 Å². The Hall–Kier alpha value is -0.320. The summed E-state index contributed by atoms with van der Waals surface area (Å²) >= 11 is 4.95. The van der Waals surface area contributed by atoms with Gasteiger partial charge in [0.2, 0.25) is 0 Å². The zero-order valence-corrected chi connectivity index (χ0v) is 8.09. The monoisotopic (exact) mass is 208 g/mol. The molecule has 0 aliphatic carbocycles. The van der Waals surface area contributed by atoms with Crippen molar-refractivity contribution in [2.24, 2.45) is 0 Å². The highest BCUT2D eigenvalue weighted by Gasteiger charge is 2.13. The lowest BCUT2D eigenvalue weighted by Gasteiger charge is -2.22. The van der Waals surface area contributed by atoms with Crippen molar-refractivity contribution in [1.82, 2.24) is 0 Å². The van der Waals surface area contributed by atoms with Gasteiger partial charge in [0.1, 0.15) is 6.61 Å². The lowest BCUT2D eigenvalue weighted by molar-refractivity contribution is -0.166. The van der Waals surface area contributed by atoms with E-state index in [9.17, 15) is 4.79 Å². The Morgan fingerprint density at radius 1 is 1.46 bits per heavy atom. The molecule has 76 valence electrons. The third-order valence-electron chi connectivity index (χ3n) is 1.74. The first kappa shape index (κ1) is 10.8. The molecule has 0 saturated carbocycles. The molecule has 0 aromatic heterocycles. The van der Waals surface area contributed by atoms with Crippen molar-refractivity contribution in [3.8, 4) is 0 Å². The molecule has 1 aliphatic heterocycles. The van der Waals surface area contributed by atoms with E-state index in [1.165, 1.54) is 0 Å². The molecule has 0 bridgehead atoms. The van der Waals surface area contributed by atoms with E-state index in [-0.39, 0.29) is 12.9 Å². The molecule has 1 saturated heterocycles. The quantitative estimate of drug-likeness (QED) is 0.523. The standard InChI is InChI=1S/C8H13ClO4/c9-8(10)13-6-5-12-7-3-1-2-4-11-7/h7H,1-6H2. The lowest BCUT2D eigenvalue weighted by Crippen LogP contribution is -2.24. The van der Waals surface area contributed by atoms with Crippen molar-refractivity contribution in [3.05, 3.63) is 0 Å². The Balaban J connectivity index is 1.95. The second-order valence-corrected chi connectivity index (χ2v) is 3.06. The maximum atomic E-state index is 10.2. The maximum Gasteiger partial charge on any atom is 0.403 e. The Kier molecular flexibility index (Phi) is 5.12. The minimum Gasteiger partial charge on any atom is -0.451 e. The van der Waals surface area contributed by atoms with E-state index in [4.69, 9.17) is 21.1 Å². The topological polar surface area (TPSA) is 44.8 Å². The highest BCUT2D eigenvalue weighted by atomic mass is 35.5. The summed E-state index contributed by atoms with van der Waals surface area (Å²) in [5, 5.41) is 0. The molecule has 0 amide bonds. The summed E-state index contributed by atoms with van der Waals surface area (Å²) in [7, 11) is 0. The molecule has 1 unspecified atom stereocenters. The van der Waals surface area contributed by atoms with E-state index in [2.05, 4.69) is 4.74 Å². The van der Waals surface area contributed by atoms with Crippen LogP contribution in [0.1, 0.15) is 19.3 Å². The smallest absolute Gasteiger partial charge is 0.403 e. The van der Waals surface area contributed by atoms with Crippen molar-refractivity contribution in [3.63, 3.8) is 0 Å². The molecule has 1 fully saturated rings. The molecule has 1 heterocycles. The van der Waals surface area contributed by atoms with Gasteiger partial charge in [-0.25, -0.2) is 4.79 Å². The van der Waals surface area contributed by atoms with Gasteiger partial charge in [0.05, 0.1) is 6.61 Å². The minimum atomic E-state index is -0.798. The highest BCUT2D eigenvalue weighted by molar-refractivity contribution is 6.61. The molecule has 1 rings (SSSR count). The van der Waals surface area contributed by atoms with Gasteiger partial charge in [0, 0.05) is 18.2 Å². The van der Waals surface area contributed by atoms with Crippen LogP contribution in [0.25, 0.3) is 0 Å². The average Bonchev–Trinajstić information content (AvgIpc) is 2.14. The van der Waals surface area contributed by atoms with E-state index in [1.807, 2.05) is 0 Å². The fourth-order valence-electron chi connectivity index (χ4n) is 1.14. The van der Waals surface area contributed by atoms with Gasteiger partial charge in [-0.1, -0.05) is 0 Å². The molecule has 0 radical (unpaired) electrons. The number of carbonyl (C=O) groups is 1. The van der Waals surface area contributed by atoms with Crippen molar-refractivity contribution in [2.75, 3.05) is 19.8 Å². The molecule has 4 nitrogen and oxygen atoms in total. The van der Waals surface area contributed by atoms with Crippen LogP contribution in [0.4, 0.5) is 4.79 Å². The van der Waals surface area contributed by atoms with Gasteiger partial charge < -0.3 is 14.2 Å². The van der Waals surface area contributed by atoms with Crippen LogP contribution in [-0.4, -0.2) is 31.5 Å². The Morgan fingerprint density at radius 2 is 2.31 bits per heavy atom. The first-order valence-corrected chi connectivity index (χ1v) is 4.72. The lowest BCUT2D eigenvalue weighted by atomic mass is 10.2. The van der Waals surface area contributed by atoms with Gasteiger partial charge in [-0.15, -0.1) is 0 Å². The fourth-order valence-corrected chi connectivity index (χ4v) is 1.22. The molecule has 0 spiro atoms. The molecule has 5 heteroatoms.